The molecule has 1 heterocycles. The molecule has 1 N–H and O–H groups in total. The number of thiophene rings is 1. The normalized spacial score (nSPS) is 18.4. The Morgan fingerprint density at radius 2 is 2.22 bits per heavy atom. The Kier molecular flexibility index (Phi) is 5.11. The van der Waals surface area contributed by atoms with Gasteiger partial charge in [-0.25, -0.2) is 0 Å². The Morgan fingerprint density at radius 3 is 2.83 bits per heavy atom. The van der Waals surface area contributed by atoms with Crippen molar-refractivity contribution < 1.29 is 0 Å². The van der Waals surface area contributed by atoms with Crippen molar-refractivity contribution in [3.8, 4) is 6.07 Å². The number of nitrogens with zero attached hydrogens (tertiary/aromatic N) is 1. The monoisotopic (exact) mass is 280 g/mol. The number of nitriles is 1. The zero-order chi connectivity index (χ0) is 12.8. The molecule has 0 aliphatic heterocycles. The van der Waals surface area contributed by atoms with Crippen LogP contribution in [-0.4, -0.2) is 17.5 Å². The Balaban J connectivity index is 1.81. The zero-order valence-corrected chi connectivity index (χ0v) is 12.5. The maximum absolute atomic E-state index is 8.79. The van der Waals surface area contributed by atoms with Crippen LogP contribution < -0.4 is 5.32 Å². The third kappa shape index (κ3) is 3.50. The number of hydrogen-bond donors (Lipinski definition) is 1. The van der Waals surface area contributed by atoms with Crippen molar-refractivity contribution in [1.29, 1.82) is 5.26 Å². The Bertz CT molecular complexity index is 414. The van der Waals surface area contributed by atoms with Gasteiger partial charge in [0.15, 0.2) is 0 Å². The van der Waals surface area contributed by atoms with Crippen LogP contribution in [0.4, 0.5) is 0 Å². The second-order valence-corrected chi connectivity index (χ2v) is 7.23. The van der Waals surface area contributed by atoms with Crippen LogP contribution in [0.15, 0.2) is 11.4 Å². The SMILES string of the molecule is CSC1(CNCc2cc(C#N)cs2)CCCCC1. The van der Waals surface area contributed by atoms with Crippen molar-refractivity contribution in [2.24, 2.45) is 0 Å². The van der Waals surface area contributed by atoms with Gasteiger partial charge in [0.1, 0.15) is 6.07 Å². The highest BCUT2D eigenvalue weighted by molar-refractivity contribution is 8.00. The molecule has 18 heavy (non-hydrogen) atoms. The number of rotatable bonds is 5. The van der Waals surface area contributed by atoms with Crippen molar-refractivity contribution in [2.75, 3.05) is 12.8 Å². The maximum Gasteiger partial charge on any atom is 0.100 e. The van der Waals surface area contributed by atoms with Gasteiger partial charge in [0.2, 0.25) is 0 Å². The molecule has 98 valence electrons. The lowest BCUT2D eigenvalue weighted by molar-refractivity contribution is 0.380. The van der Waals surface area contributed by atoms with Crippen molar-refractivity contribution in [2.45, 2.75) is 43.4 Å². The van der Waals surface area contributed by atoms with Gasteiger partial charge in [0.05, 0.1) is 5.56 Å². The van der Waals surface area contributed by atoms with E-state index < -0.39 is 0 Å². The molecule has 4 heteroatoms. The molecular formula is C14H20N2S2. The molecule has 0 amide bonds. The van der Waals surface area contributed by atoms with E-state index >= 15 is 0 Å². The summed E-state index contributed by atoms with van der Waals surface area (Å²) in [5, 5.41) is 14.3. The van der Waals surface area contributed by atoms with E-state index in [1.807, 2.05) is 23.2 Å². The molecule has 0 unspecified atom stereocenters. The van der Waals surface area contributed by atoms with E-state index in [9.17, 15) is 0 Å². The van der Waals surface area contributed by atoms with Crippen LogP contribution in [0.2, 0.25) is 0 Å². The molecule has 0 saturated heterocycles. The smallest absolute Gasteiger partial charge is 0.100 e. The van der Waals surface area contributed by atoms with Gasteiger partial charge in [-0.05, 0) is 25.2 Å². The molecule has 0 atom stereocenters. The predicted octanol–water partition coefficient (Wildman–Crippen LogP) is 3.78. The standard InChI is InChI=1S/C14H20N2S2/c1-17-14(5-3-2-4-6-14)11-16-9-13-7-12(8-15)10-18-13/h7,10,16H,2-6,9,11H2,1H3. The van der Waals surface area contributed by atoms with Crippen LogP contribution in [0.3, 0.4) is 0 Å². The molecule has 0 spiro atoms. The van der Waals surface area contributed by atoms with E-state index in [0.29, 0.717) is 4.75 Å². The number of nitrogens with one attached hydrogen (secondary N) is 1. The first-order valence-electron chi connectivity index (χ1n) is 6.51. The summed E-state index contributed by atoms with van der Waals surface area (Å²) in [6.07, 6.45) is 9.08. The lowest BCUT2D eigenvalue weighted by atomic mass is 9.88. The molecule has 0 bridgehead atoms. The fourth-order valence-corrected chi connectivity index (χ4v) is 4.32. The van der Waals surface area contributed by atoms with Gasteiger partial charge < -0.3 is 5.32 Å². The first kappa shape index (κ1) is 13.9. The van der Waals surface area contributed by atoms with E-state index in [1.54, 1.807) is 11.3 Å². The minimum atomic E-state index is 0.452. The van der Waals surface area contributed by atoms with Gasteiger partial charge in [-0.2, -0.15) is 17.0 Å². The summed E-state index contributed by atoms with van der Waals surface area (Å²) in [6, 6.07) is 4.17. The molecule has 0 aromatic carbocycles. The van der Waals surface area contributed by atoms with Gasteiger partial charge in [-0.15, -0.1) is 11.3 Å². The van der Waals surface area contributed by atoms with Gasteiger partial charge in [-0.1, -0.05) is 19.3 Å². The summed E-state index contributed by atoms with van der Waals surface area (Å²) in [5.74, 6) is 0. The van der Waals surface area contributed by atoms with Crippen LogP contribution in [0.25, 0.3) is 0 Å². The van der Waals surface area contributed by atoms with E-state index in [0.717, 1.165) is 18.7 Å². The van der Waals surface area contributed by atoms with Crippen LogP contribution in [-0.2, 0) is 6.54 Å². The van der Waals surface area contributed by atoms with Crippen LogP contribution in [0.5, 0.6) is 0 Å². The number of thioether (sulfide) groups is 1. The Morgan fingerprint density at radius 1 is 1.44 bits per heavy atom. The fraction of sp³-hybridized carbons (Fsp3) is 0.643. The van der Waals surface area contributed by atoms with E-state index in [1.165, 1.54) is 37.0 Å². The first-order valence-corrected chi connectivity index (χ1v) is 8.62. The predicted molar refractivity (Wildman–Crippen MR) is 80.1 cm³/mol. The van der Waals surface area contributed by atoms with Crippen molar-refractivity contribution >= 4 is 23.1 Å². The third-order valence-corrected chi connectivity index (χ3v) is 6.08. The molecule has 1 aromatic rings. The topological polar surface area (TPSA) is 35.8 Å². The van der Waals surface area contributed by atoms with Crippen molar-refractivity contribution in [1.82, 2.24) is 5.32 Å². The Hall–Kier alpha value is -0.500. The summed E-state index contributed by atoms with van der Waals surface area (Å²) in [7, 11) is 0. The molecule has 1 saturated carbocycles. The van der Waals surface area contributed by atoms with Gasteiger partial charge in [0.25, 0.3) is 0 Å². The molecule has 1 aliphatic rings. The third-order valence-electron chi connectivity index (χ3n) is 3.73. The molecule has 0 radical (unpaired) electrons. The van der Waals surface area contributed by atoms with Crippen molar-refractivity contribution in [3.63, 3.8) is 0 Å². The first-order chi connectivity index (χ1) is 8.78. The highest BCUT2D eigenvalue weighted by Crippen LogP contribution is 2.38. The summed E-state index contributed by atoms with van der Waals surface area (Å²) in [4.78, 5) is 1.26. The van der Waals surface area contributed by atoms with Crippen LogP contribution in [0, 0.1) is 11.3 Å². The number of hydrogen-bond acceptors (Lipinski definition) is 4. The maximum atomic E-state index is 8.79. The summed E-state index contributed by atoms with van der Waals surface area (Å²) in [5.41, 5.74) is 0.786. The molecule has 1 aromatic heterocycles. The lowest BCUT2D eigenvalue weighted by Gasteiger charge is -2.36. The van der Waals surface area contributed by atoms with Gasteiger partial charge >= 0.3 is 0 Å². The highest BCUT2D eigenvalue weighted by Gasteiger charge is 2.30. The zero-order valence-electron chi connectivity index (χ0n) is 10.9. The molecule has 1 aliphatic carbocycles. The second kappa shape index (κ2) is 6.60. The second-order valence-electron chi connectivity index (χ2n) is 4.96. The summed E-state index contributed by atoms with van der Waals surface area (Å²) < 4.78 is 0.452. The van der Waals surface area contributed by atoms with E-state index in [4.69, 9.17) is 5.26 Å². The summed E-state index contributed by atoms with van der Waals surface area (Å²) in [6.45, 7) is 1.99. The lowest BCUT2D eigenvalue weighted by Crippen LogP contribution is -2.38. The fourth-order valence-electron chi connectivity index (χ4n) is 2.59. The summed E-state index contributed by atoms with van der Waals surface area (Å²) >= 11 is 3.70. The average Bonchev–Trinajstić information content (AvgIpc) is 2.88. The van der Waals surface area contributed by atoms with Crippen LogP contribution in [0.1, 0.15) is 42.5 Å². The molecule has 2 nitrogen and oxygen atoms in total. The minimum Gasteiger partial charge on any atom is -0.310 e. The molecular weight excluding hydrogens is 260 g/mol. The molecule has 1 fully saturated rings. The quantitative estimate of drug-likeness (QED) is 0.891. The van der Waals surface area contributed by atoms with E-state index in [2.05, 4.69) is 17.6 Å². The van der Waals surface area contributed by atoms with Gasteiger partial charge in [-0.3, -0.25) is 0 Å². The van der Waals surface area contributed by atoms with Crippen molar-refractivity contribution in [3.05, 3.63) is 21.9 Å². The highest BCUT2D eigenvalue weighted by atomic mass is 32.2. The molecule has 2 rings (SSSR count). The Labute approximate surface area is 118 Å². The van der Waals surface area contributed by atoms with Crippen LogP contribution >= 0.6 is 23.1 Å². The average molecular weight is 280 g/mol. The largest absolute Gasteiger partial charge is 0.310 e. The minimum absolute atomic E-state index is 0.452. The van der Waals surface area contributed by atoms with Gasteiger partial charge in [0, 0.05) is 28.1 Å². The van der Waals surface area contributed by atoms with E-state index in [-0.39, 0.29) is 0 Å².